The molecule has 174 valence electrons. The molecule has 1 saturated heterocycles. The van der Waals surface area contributed by atoms with Gasteiger partial charge in [0.15, 0.2) is 11.5 Å². The molecule has 0 radical (unpaired) electrons. The van der Waals surface area contributed by atoms with Crippen molar-refractivity contribution in [2.75, 3.05) is 30.1 Å². The molecule has 0 unspecified atom stereocenters. The number of ether oxygens (including phenoxy) is 2. The molecule has 0 atom stereocenters. The molecule has 7 nitrogen and oxygen atoms in total. The Hall–Kier alpha value is -3.78. The molecular weight excluding hydrogens is 461 g/mol. The Morgan fingerprint density at radius 2 is 1.82 bits per heavy atom. The van der Waals surface area contributed by atoms with Gasteiger partial charge in [-0.15, -0.1) is 0 Å². The fourth-order valence-electron chi connectivity index (χ4n) is 4.01. The fraction of sp³-hybridized carbons (Fsp3) is 0.200. The van der Waals surface area contributed by atoms with Gasteiger partial charge in [0.2, 0.25) is 6.79 Å². The molecule has 2 heterocycles. The maximum Gasteiger partial charge on any atom is 0.324 e. The van der Waals surface area contributed by atoms with Crippen molar-refractivity contribution < 1.29 is 23.5 Å². The zero-order valence-electron chi connectivity index (χ0n) is 18.1. The lowest BCUT2D eigenvalue weighted by Crippen LogP contribution is -2.49. The van der Waals surface area contributed by atoms with Crippen LogP contribution in [0.2, 0.25) is 5.02 Å². The number of carbonyl (C=O) groups excluding carboxylic acids is 2. The van der Waals surface area contributed by atoms with Crippen molar-refractivity contribution in [2.45, 2.75) is 13.0 Å². The molecule has 0 saturated carbocycles. The molecule has 1 N–H and O–H groups in total. The molecule has 3 amide bonds. The molecule has 0 aromatic heterocycles. The molecular formula is C25H21ClFN3O4. The van der Waals surface area contributed by atoms with E-state index >= 15 is 0 Å². The van der Waals surface area contributed by atoms with Crippen LogP contribution in [-0.2, 0) is 6.54 Å². The summed E-state index contributed by atoms with van der Waals surface area (Å²) in [5.74, 6) is 0.361. The Kier molecular flexibility index (Phi) is 5.98. The van der Waals surface area contributed by atoms with Crippen LogP contribution < -0.4 is 19.7 Å². The van der Waals surface area contributed by atoms with Gasteiger partial charge in [-0.3, -0.25) is 9.69 Å². The summed E-state index contributed by atoms with van der Waals surface area (Å²) in [4.78, 5) is 28.9. The van der Waals surface area contributed by atoms with Gasteiger partial charge in [0.25, 0.3) is 5.91 Å². The molecule has 2 aliphatic heterocycles. The van der Waals surface area contributed by atoms with Crippen LogP contribution in [0.1, 0.15) is 22.3 Å². The van der Waals surface area contributed by atoms with Gasteiger partial charge in [0.05, 0.1) is 11.6 Å². The van der Waals surface area contributed by atoms with E-state index in [1.807, 2.05) is 0 Å². The summed E-state index contributed by atoms with van der Waals surface area (Å²) >= 11 is 5.88. The van der Waals surface area contributed by atoms with Gasteiger partial charge in [-0.2, -0.15) is 0 Å². The lowest BCUT2D eigenvalue weighted by molar-refractivity contribution is 0.102. The number of amides is 3. The van der Waals surface area contributed by atoms with Crippen LogP contribution in [0.5, 0.6) is 11.5 Å². The first-order chi connectivity index (χ1) is 16.5. The molecule has 3 aromatic carbocycles. The van der Waals surface area contributed by atoms with Crippen molar-refractivity contribution in [3.05, 3.63) is 82.6 Å². The van der Waals surface area contributed by atoms with E-state index in [9.17, 15) is 14.0 Å². The Labute approximate surface area is 200 Å². The summed E-state index contributed by atoms with van der Waals surface area (Å²) < 4.78 is 24.9. The number of fused-ring (bicyclic) bond motifs is 1. The largest absolute Gasteiger partial charge is 0.454 e. The Morgan fingerprint density at radius 1 is 1.03 bits per heavy atom. The number of benzene rings is 3. The molecule has 0 spiro atoms. The van der Waals surface area contributed by atoms with E-state index in [-0.39, 0.29) is 30.3 Å². The van der Waals surface area contributed by atoms with Crippen LogP contribution in [0.4, 0.5) is 20.6 Å². The molecule has 0 bridgehead atoms. The normalized spacial score (nSPS) is 14.9. The monoisotopic (exact) mass is 481 g/mol. The summed E-state index contributed by atoms with van der Waals surface area (Å²) in [7, 11) is 0. The first-order valence-electron chi connectivity index (χ1n) is 10.8. The molecule has 1 fully saturated rings. The SMILES string of the molecule is O=C(Nc1ccc(N2CCCN(Cc3cccc(Cl)c3F)C2=O)cc1)c1ccc2c(c1)OCO2. The highest BCUT2D eigenvalue weighted by atomic mass is 35.5. The highest BCUT2D eigenvalue weighted by molar-refractivity contribution is 6.30. The van der Waals surface area contributed by atoms with Gasteiger partial charge in [0.1, 0.15) is 5.82 Å². The summed E-state index contributed by atoms with van der Waals surface area (Å²) in [6.45, 7) is 1.37. The van der Waals surface area contributed by atoms with E-state index in [4.69, 9.17) is 21.1 Å². The van der Waals surface area contributed by atoms with E-state index in [1.165, 1.54) is 6.07 Å². The molecule has 3 aromatic rings. The average Bonchev–Trinajstić information content (AvgIpc) is 3.32. The number of rotatable bonds is 5. The van der Waals surface area contributed by atoms with Crippen LogP contribution >= 0.6 is 11.6 Å². The third kappa shape index (κ3) is 4.36. The van der Waals surface area contributed by atoms with Gasteiger partial charge in [0, 0.05) is 35.6 Å². The molecule has 34 heavy (non-hydrogen) atoms. The molecule has 5 rings (SSSR count). The van der Waals surface area contributed by atoms with E-state index in [0.717, 1.165) is 6.42 Å². The highest BCUT2D eigenvalue weighted by Gasteiger charge is 2.27. The minimum atomic E-state index is -0.503. The quantitative estimate of drug-likeness (QED) is 0.537. The number of urea groups is 1. The van der Waals surface area contributed by atoms with Crippen molar-refractivity contribution in [1.82, 2.24) is 4.90 Å². The summed E-state index contributed by atoms with van der Waals surface area (Å²) in [5, 5.41) is 2.88. The van der Waals surface area contributed by atoms with Crippen LogP contribution in [0.25, 0.3) is 0 Å². The Balaban J connectivity index is 1.25. The number of hydrogen-bond acceptors (Lipinski definition) is 4. The minimum absolute atomic E-state index is 0.0391. The average molecular weight is 482 g/mol. The zero-order chi connectivity index (χ0) is 23.7. The number of hydrogen-bond donors (Lipinski definition) is 1. The van der Waals surface area contributed by atoms with Crippen molar-refractivity contribution in [1.29, 1.82) is 0 Å². The molecule has 0 aliphatic carbocycles. The van der Waals surface area contributed by atoms with E-state index < -0.39 is 5.82 Å². The first kappa shape index (κ1) is 22.0. The van der Waals surface area contributed by atoms with E-state index in [1.54, 1.807) is 64.4 Å². The maximum atomic E-state index is 14.3. The van der Waals surface area contributed by atoms with Gasteiger partial charge in [-0.05, 0) is 55.0 Å². The number of anilines is 2. The van der Waals surface area contributed by atoms with Crippen LogP contribution in [0.3, 0.4) is 0 Å². The molecule has 2 aliphatic rings. The highest BCUT2D eigenvalue weighted by Crippen LogP contribution is 2.33. The van der Waals surface area contributed by atoms with Crippen molar-refractivity contribution >= 4 is 34.9 Å². The number of halogens is 2. The van der Waals surface area contributed by atoms with Crippen molar-refractivity contribution in [2.24, 2.45) is 0 Å². The number of nitrogens with one attached hydrogen (secondary N) is 1. The van der Waals surface area contributed by atoms with Crippen LogP contribution in [0.15, 0.2) is 60.7 Å². The van der Waals surface area contributed by atoms with E-state index in [0.29, 0.717) is 47.1 Å². The predicted octanol–water partition coefficient (Wildman–Crippen LogP) is 5.29. The fourth-order valence-corrected chi connectivity index (χ4v) is 4.20. The van der Waals surface area contributed by atoms with Gasteiger partial charge >= 0.3 is 6.03 Å². The first-order valence-corrected chi connectivity index (χ1v) is 11.2. The standard InChI is InChI=1S/C25H21ClFN3O4/c26-20-4-1-3-17(23(20)27)14-29-11-2-12-30(25(29)32)19-8-6-18(7-9-19)28-24(31)16-5-10-21-22(13-16)34-15-33-21/h1,3-10,13H,2,11-12,14-15H2,(H,28,31). The predicted molar refractivity (Wildman–Crippen MR) is 126 cm³/mol. The lowest BCUT2D eigenvalue weighted by Gasteiger charge is -2.35. The number of nitrogens with zero attached hydrogens (tertiary/aromatic N) is 2. The Bertz CT molecular complexity index is 1250. The number of carbonyl (C=O) groups is 2. The molecule has 9 heteroatoms. The maximum absolute atomic E-state index is 14.3. The second kappa shape index (κ2) is 9.23. The second-order valence-corrected chi connectivity index (χ2v) is 8.40. The van der Waals surface area contributed by atoms with Crippen molar-refractivity contribution in [3.8, 4) is 11.5 Å². The topological polar surface area (TPSA) is 71.1 Å². The van der Waals surface area contributed by atoms with Gasteiger partial charge < -0.3 is 19.7 Å². The third-order valence-electron chi connectivity index (χ3n) is 5.78. The lowest BCUT2D eigenvalue weighted by atomic mass is 10.1. The summed E-state index contributed by atoms with van der Waals surface area (Å²) in [6.07, 6.45) is 0.747. The van der Waals surface area contributed by atoms with Crippen LogP contribution in [-0.4, -0.2) is 36.7 Å². The van der Waals surface area contributed by atoms with Gasteiger partial charge in [-0.25, -0.2) is 9.18 Å². The zero-order valence-corrected chi connectivity index (χ0v) is 18.8. The van der Waals surface area contributed by atoms with Crippen LogP contribution in [0, 0.1) is 5.82 Å². The Morgan fingerprint density at radius 3 is 2.65 bits per heavy atom. The smallest absolute Gasteiger partial charge is 0.324 e. The summed E-state index contributed by atoms with van der Waals surface area (Å²) in [5.41, 5.74) is 2.11. The minimum Gasteiger partial charge on any atom is -0.454 e. The summed E-state index contributed by atoms with van der Waals surface area (Å²) in [6, 6.07) is 16.6. The van der Waals surface area contributed by atoms with Crippen molar-refractivity contribution in [3.63, 3.8) is 0 Å². The van der Waals surface area contributed by atoms with E-state index in [2.05, 4.69) is 5.32 Å². The second-order valence-electron chi connectivity index (χ2n) is 7.99. The van der Waals surface area contributed by atoms with Gasteiger partial charge in [-0.1, -0.05) is 23.7 Å². The third-order valence-corrected chi connectivity index (χ3v) is 6.07.